The topological polar surface area (TPSA) is 63.9 Å². The Hall–Kier alpha value is -2.63. The molecular weight excluding hydrogens is 264 g/mol. The summed E-state index contributed by atoms with van der Waals surface area (Å²) < 4.78 is 29.3. The number of nitrogens with zero attached hydrogens (tertiary/aromatic N) is 1. The molecule has 0 radical (unpaired) electrons. The number of aromatic nitrogens is 2. The van der Waals surface area contributed by atoms with E-state index in [9.17, 15) is 8.78 Å². The van der Waals surface area contributed by atoms with E-state index in [1.807, 2.05) is 0 Å². The Bertz CT molecular complexity index is 755. The van der Waals surface area contributed by atoms with E-state index >= 15 is 0 Å². The van der Waals surface area contributed by atoms with E-state index in [4.69, 9.17) is 5.73 Å². The van der Waals surface area contributed by atoms with Crippen molar-refractivity contribution in [3.8, 4) is 17.1 Å². The molecule has 0 aliphatic rings. The van der Waals surface area contributed by atoms with Crippen molar-refractivity contribution in [1.82, 2.24) is 9.97 Å². The van der Waals surface area contributed by atoms with Gasteiger partial charge in [-0.3, -0.25) is 0 Å². The van der Waals surface area contributed by atoms with Crippen molar-refractivity contribution in [3.05, 3.63) is 42.5 Å². The Morgan fingerprint density at radius 2 is 1.95 bits per heavy atom. The van der Waals surface area contributed by atoms with Gasteiger partial charge in [0.25, 0.3) is 0 Å². The summed E-state index contributed by atoms with van der Waals surface area (Å²) in [4.78, 5) is 7.41. The number of benzene rings is 2. The molecule has 3 rings (SSSR count). The number of fused-ring (bicyclic) bond motifs is 1. The quantitative estimate of drug-likeness (QED) is 0.720. The second-order valence-electron chi connectivity index (χ2n) is 4.24. The molecular formula is C14H11F2N3O. The molecule has 0 bridgehead atoms. The number of anilines is 1. The van der Waals surface area contributed by atoms with Gasteiger partial charge >= 0.3 is 6.61 Å². The smallest absolute Gasteiger partial charge is 0.387 e. The molecule has 0 saturated carbocycles. The Morgan fingerprint density at radius 1 is 1.15 bits per heavy atom. The number of nitrogen functional groups attached to an aromatic ring is 1. The molecule has 0 amide bonds. The average molecular weight is 275 g/mol. The average Bonchev–Trinajstić information content (AvgIpc) is 2.81. The number of H-pyrrole nitrogens is 1. The molecule has 0 aliphatic carbocycles. The third kappa shape index (κ3) is 2.27. The minimum absolute atomic E-state index is 0.0783. The maximum atomic E-state index is 12.4. The van der Waals surface area contributed by atoms with Crippen molar-refractivity contribution in [1.29, 1.82) is 0 Å². The Morgan fingerprint density at radius 3 is 2.75 bits per heavy atom. The first-order valence-corrected chi connectivity index (χ1v) is 5.93. The second-order valence-corrected chi connectivity index (χ2v) is 4.24. The summed E-state index contributed by atoms with van der Waals surface area (Å²) in [5.41, 5.74) is 8.22. The van der Waals surface area contributed by atoms with Gasteiger partial charge in [0.1, 0.15) is 11.6 Å². The summed E-state index contributed by atoms with van der Waals surface area (Å²) in [7, 11) is 0. The van der Waals surface area contributed by atoms with Gasteiger partial charge < -0.3 is 15.5 Å². The molecule has 1 heterocycles. The summed E-state index contributed by atoms with van der Waals surface area (Å²) in [6.45, 7) is -2.88. The van der Waals surface area contributed by atoms with Crippen LogP contribution in [-0.2, 0) is 0 Å². The first-order valence-electron chi connectivity index (χ1n) is 5.93. The Labute approximate surface area is 113 Å². The molecule has 0 atom stereocenters. The molecule has 0 aliphatic heterocycles. The van der Waals surface area contributed by atoms with E-state index in [-0.39, 0.29) is 5.75 Å². The van der Waals surface area contributed by atoms with Gasteiger partial charge in [-0.05, 0) is 30.3 Å². The highest BCUT2D eigenvalue weighted by atomic mass is 19.3. The van der Waals surface area contributed by atoms with Gasteiger partial charge in [0.05, 0.1) is 16.6 Å². The predicted octanol–water partition coefficient (Wildman–Crippen LogP) is 3.41. The van der Waals surface area contributed by atoms with Crippen molar-refractivity contribution in [2.24, 2.45) is 0 Å². The molecule has 6 heteroatoms. The van der Waals surface area contributed by atoms with Crippen LogP contribution in [-0.4, -0.2) is 16.6 Å². The fraction of sp³-hybridized carbons (Fsp3) is 0.0714. The fourth-order valence-electron chi connectivity index (χ4n) is 2.02. The summed E-state index contributed by atoms with van der Waals surface area (Å²) in [6, 6.07) is 11.7. The fourth-order valence-corrected chi connectivity index (χ4v) is 2.02. The normalized spacial score (nSPS) is 11.2. The van der Waals surface area contributed by atoms with E-state index in [1.54, 1.807) is 36.4 Å². The van der Waals surface area contributed by atoms with E-state index in [1.165, 1.54) is 6.07 Å². The lowest BCUT2D eigenvalue weighted by molar-refractivity contribution is -0.0494. The van der Waals surface area contributed by atoms with Crippen molar-refractivity contribution in [2.75, 3.05) is 5.73 Å². The van der Waals surface area contributed by atoms with Crippen LogP contribution in [0.3, 0.4) is 0 Å². The van der Waals surface area contributed by atoms with Gasteiger partial charge in [-0.2, -0.15) is 8.78 Å². The number of aromatic amines is 1. The van der Waals surface area contributed by atoms with Crippen molar-refractivity contribution in [3.63, 3.8) is 0 Å². The maximum Gasteiger partial charge on any atom is 0.387 e. The number of ether oxygens (including phenoxy) is 1. The summed E-state index contributed by atoms with van der Waals surface area (Å²) in [5, 5.41) is 0. The summed E-state index contributed by atoms with van der Waals surface area (Å²) in [6.07, 6.45) is 0. The van der Waals surface area contributed by atoms with Gasteiger partial charge in [0.15, 0.2) is 0 Å². The molecule has 20 heavy (non-hydrogen) atoms. The second kappa shape index (κ2) is 4.80. The lowest BCUT2D eigenvalue weighted by atomic mass is 10.2. The number of nitrogens with two attached hydrogens (primary N) is 1. The number of hydrogen-bond donors (Lipinski definition) is 2. The van der Waals surface area contributed by atoms with Crippen LogP contribution in [0.2, 0.25) is 0 Å². The van der Waals surface area contributed by atoms with E-state index in [0.717, 1.165) is 5.52 Å². The molecule has 102 valence electrons. The van der Waals surface area contributed by atoms with Gasteiger partial charge in [0, 0.05) is 5.69 Å². The molecule has 1 aromatic heterocycles. The van der Waals surface area contributed by atoms with Gasteiger partial charge in [-0.1, -0.05) is 12.1 Å². The van der Waals surface area contributed by atoms with Crippen molar-refractivity contribution in [2.45, 2.75) is 6.61 Å². The number of halogens is 2. The van der Waals surface area contributed by atoms with E-state index < -0.39 is 6.61 Å². The largest absolute Gasteiger partial charge is 0.434 e. The first kappa shape index (κ1) is 12.4. The van der Waals surface area contributed by atoms with Gasteiger partial charge in [-0.15, -0.1) is 0 Å². The standard InChI is InChI=1S/C14H11F2N3O/c15-14(16)20-12-4-2-1-3-9(12)13-18-10-6-5-8(17)7-11(10)19-13/h1-7,14H,17H2,(H,18,19). The predicted molar refractivity (Wildman–Crippen MR) is 72.6 cm³/mol. The van der Waals surface area contributed by atoms with Gasteiger partial charge in [0.2, 0.25) is 0 Å². The summed E-state index contributed by atoms with van der Waals surface area (Å²) >= 11 is 0. The molecule has 0 unspecified atom stereocenters. The third-order valence-electron chi connectivity index (χ3n) is 2.86. The lowest BCUT2D eigenvalue weighted by Gasteiger charge is -2.08. The van der Waals surface area contributed by atoms with Crippen molar-refractivity contribution >= 4 is 16.7 Å². The number of para-hydroxylation sites is 1. The number of hydrogen-bond acceptors (Lipinski definition) is 3. The monoisotopic (exact) mass is 275 g/mol. The zero-order valence-corrected chi connectivity index (χ0v) is 10.3. The van der Waals surface area contributed by atoms with Crippen LogP contribution >= 0.6 is 0 Å². The minimum Gasteiger partial charge on any atom is -0.434 e. The number of alkyl halides is 2. The lowest BCUT2D eigenvalue weighted by Crippen LogP contribution is -2.03. The molecule has 4 nitrogen and oxygen atoms in total. The first-order chi connectivity index (χ1) is 9.63. The van der Waals surface area contributed by atoms with Crippen LogP contribution < -0.4 is 10.5 Å². The van der Waals surface area contributed by atoms with Crippen LogP contribution in [0, 0.1) is 0 Å². The molecule has 0 spiro atoms. The Kier molecular flexibility index (Phi) is 2.98. The number of rotatable bonds is 3. The molecule has 3 aromatic rings. The zero-order valence-electron chi connectivity index (χ0n) is 10.3. The molecule has 0 fully saturated rings. The van der Waals surface area contributed by atoms with Crippen LogP contribution in [0.5, 0.6) is 5.75 Å². The molecule has 3 N–H and O–H groups in total. The number of nitrogens with one attached hydrogen (secondary N) is 1. The SMILES string of the molecule is Nc1ccc2nc(-c3ccccc3OC(F)F)[nH]c2c1. The van der Waals surface area contributed by atoms with Crippen LogP contribution in [0.25, 0.3) is 22.4 Å². The van der Waals surface area contributed by atoms with Crippen LogP contribution in [0.15, 0.2) is 42.5 Å². The minimum atomic E-state index is -2.88. The van der Waals surface area contributed by atoms with E-state index in [0.29, 0.717) is 22.6 Å². The maximum absolute atomic E-state index is 12.4. The highest BCUT2D eigenvalue weighted by molar-refractivity contribution is 5.83. The highest BCUT2D eigenvalue weighted by Crippen LogP contribution is 2.30. The number of imidazole rings is 1. The highest BCUT2D eigenvalue weighted by Gasteiger charge is 2.13. The van der Waals surface area contributed by atoms with Crippen LogP contribution in [0.4, 0.5) is 14.5 Å². The van der Waals surface area contributed by atoms with Gasteiger partial charge in [-0.25, -0.2) is 4.98 Å². The Balaban J connectivity index is 2.10. The van der Waals surface area contributed by atoms with Crippen molar-refractivity contribution < 1.29 is 13.5 Å². The zero-order chi connectivity index (χ0) is 14.1. The molecule has 0 saturated heterocycles. The van der Waals surface area contributed by atoms with Crippen LogP contribution in [0.1, 0.15) is 0 Å². The molecule has 2 aromatic carbocycles. The van der Waals surface area contributed by atoms with E-state index in [2.05, 4.69) is 14.7 Å². The summed E-state index contributed by atoms with van der Waals surface area (Å²) in [5.74, 6) is 0.538. The third-order valence-corrected chi connectivity index (χ3v) is 2.86.